The van der Waals surface area contributed by atoms with Gasteiger partial charge in [0.1, 0.15) is 17.5 Å². The Kier molecular flexibility index (Phi) is 29.0. The van der Waals surface area contributed by atoms with Crippen molar-refractivity contribution < 1.29 is 9.59 Å². The van der Waals surface area contributed by atoms with Crippen LogP contribution in [0, 0.1) is 5.92 Å². The number of carbonyl (C=O) groups is 2. The van der Waals surface area contributed by atoms with Crippen molar-refractivity contribution in [3.8, 4) is 0 Å². The van der Waals surface area contributed by atoms with Gasteiger partial charge < -0.3 is 4.90 Å². The van der Waals surface area contributed by atoms with Crippen molar-refractivity contribution in [2.45, 2.75) is 194 Å². The largest absolute Gasteiger partial charge is 0.377 e. The summed E-state index contributed by atoms with van der Waals surface area (Å²) in [6.07, 6.45) is 49.1. The Labute approximate surface area is 286 Å². The molecule has 0 saturated heterocycles. The molecular formula is C43H75NO2. The molecule has 0 amide bonds. The van der Waals surface area contributed by atoms with Crippen molar-refractivity contribution in [3.63, 3.8) is 0 Å². The second-order valence-electron chi connectivity index (χ2n) is 14.0. The van der Waals surface area contributed by atoms with Crippen LogP contribution >= 0.6 is 0 Å². The molecule has 0 fully saturated rings. The molecule has 46 heavy (non-hydrogen) atoms. The van der Waals surface area contributed by atoms with Crippen molar-refractivity contribution in [2.75, 3.05) is 13.6 Å². The third-order valence-electron chi connectivity index (χ3n) is 9.48. The molecule has 3 nitrogen and oxygen atoms in total. The molecule has 0 spiro atoms. The lowest BCUT2D eigenvalue weighted by atomic mass is 9.84. The fourth-order valence-electron chi connectivity index (χ4n) is 6.39. The van der Waals surface area contributed by atoms with E-state index in [1.807, 2.05) is 19.3 Å². The summed E-state index contributed by atoms with van der Waals surface area (Å²) in [5.74, 6) is -0.287. The molecule has 0 atom stereocenters. The summed E-state index contributed by atoms with van der Waals surface area (Å²) >= 11 is 0. The first-order valence-electron chi connectivity index (χ1n) is 20.0. The first-order valence-corrected chi connectivity index (χ1v) is 20.0. The van der Waals surface area contributed by atoms with E-state index in [-0.39, 0.29) is 11.6 Å². The number of unbranched alkanes of at least 4 members (excludes halogenated alkanes) is 22. The molecule has 0 aromatic heterocycles. The number of allylic oxidation sites excluding steroid dienone is 6. The predicted octanol–water partition coefficient (Wildman–Crippen LogP) is 13.2. The van der Waals surface area contributed by atoms with E-state index in [1.165, 1.54) is 141 Å². The molecule has 0 aliphatic carbocycles. The van der Waals surface area contributed by atoms with E-state index in [4.69, 9.17) is 0 Å². The topological polar surface area (TPSA) is 37.4 Å². The minimum atomic E-state index is -0.557. The number of rotatable bonds is 33. The number of hydrogen-bond acceptors (Lipinski definition) is 3. The molecular weight excluding hydrogens is 562 g/mol. The van der Waals surface area contributed by atoms with E-state index >= 15 is 0 Å². The van der Waals surface area contributed by atoms with Crippen LogP contribution in [-0.2, 0) is 9.59 Å². The minimum absolute atomic E-state index is 0.135. The molecule has 0 unspecified atom stereocenters. The molecule has 1 aliphatic heterocycles. The lowest BCUT2D eigenvalue weighted by molar-refractivity contribution is -0.131. The Morgan fingerprint density at radius 3 is 1.26 bits per heavy atom. The molecule has 0 aromatic carbocycles. The van der Waals surface area contributed by atoms with Gasteiger partial charge >= 0.3 is 0 Å². The first-order chi connectivity index (χ1) is 22.6. The van der Waals surface area contributed by atoms with Crippen molar-refractivity contribution in [1.29, 1.82) is 0 Å². The summed E-state index contributed by atoms with van der Waals surface area (Å²) in [7, 11) is 2.03. The Morgan fingerprint density at radius 1 is 0.565 bits per heavy atom. The van der Waals surface area contributed by atoms with E-state index in [9.17, 15) is 9.59 Å². The van der Waals surface area contributed by atoms with Gasteiger partial charge in [-0.25, -0.2) is 0 Å². The Balaban J connectivity index is 2.20. The summed E-state index contributed by atoms with van der Waals surface area (Å²) in [5, 5.41) is 0. The van der Waals surface area contributed by atoms with Gasteiger partial charge in [0, 0.05) is 26.4 Å². The summed E-state index contributed by atoms with van der Waals surface area (Å²) in [5.41, 5.74) is 0.925. The summed E-state index contributed by atoms with van der Waals surface area (Å²) in [6.45, 7) is 5.31. The van der Waals surface area contributed by atoms with Gasteiger partial charge in [-0.2, -0.15) is 0 Å². The second-order valence-corrected chi connectivity index (χ2v) is 14.0. The van der Waals surface area contributed by atoms with Crippen LogP contribution in [0.25, 0.3) is 0 Å². The maximum Gasteiger partial charge on any atom is 0.147 e. The van der Waals surface area contributed by atoms with Crippen molar-refractivity contribution >= 4 is 11.6 Å². The zero-order valence-corrected chi connectivity index (χ0v) is 30.9. The van der Waals surface area contributed by atoms with Crippen LogP contribution in [0.1, 0.15) is 194 Å². The highest BCUT2D eigenvalue weighted by atomic mass is 16.1. The SMILES string of the molecule is CCCCCCCC/C=C\CCCCCCCC(=O)C(C(=O)CCCCCCC/C=C\CCCCCCCC)C1=CCN(C)C=C1. The monoisotopic (exact) mass is 638 g/mol. The third-order valence-corrected chi connectivity index (χ3v) is 9.48. The van der Waals surface area contributed by atoms with Crippen LogP contribution in [0.5, 0.6) is 0 Å². The van der Waals surface area contributed by atoms with Gasteiger partial charge in [-0.3, -0.25) is 9.59 Å². The van der Waals surface area contributed by atoms with Crippen LogP contribution in [0.4, 0.5) is 0 Å². The van der Waals surface area contributed by atoms with Gasteiger partial charge in [-0.05, 0) is 82.1 Å². The zero-order chi connectivity index (χ0) is 33.3. The third kappa shape index (κ3) is 24.3. The maximum atomic E-state index is 13.3. The minimum Gasteiger partial charge on any atom is -0.377 e. The van der Waals surface area contributed by atoms with E-state index in [0.29, 0.717) is 12.8 Å². The van der Waals surface area contributed by atoms with E-state index < -0.39 is 5.92 Å². The van der Waals surface area contributed by atoms with Crippen molar-refractivity contribution in [3.05, 3.63) is 48.2 Å². The zero-order valence-electron chi connectivity index (χ0n) is 30.9. The van der Waals surface area contributed by atoms with E-state index in [1.54, 1.807) is 0 Å². The van der Waals surface area contributed by atoms with Crippen LogP contribution in [0.15, 0.2) is 48.2 Å². The summed E-state index contributed by atoms with van der Waals surface area (Å²) < 4.78 is 0. The molecule has 0 aromatic rings. The number of carbonyl (C=O) groups excluding carboxylic acids is 2. The van der Waals surface area contributed by atoms with Gasteiger partial charge in [0.15, 0.2) is 0 Å². The predicted molar refractivity (Wildman–Crippen MR) is 202 cm³/mol. The molecule has 3 heteroatoms. The van der Waals surface area contributed by atoms with Crippen LogP contribution in [0.2, 0.25) is 0 Å². The molecule has 0 N–H and O–H groups in total. The molecule has 1 aliphatic rings. The molecule has 1 rings (SSSR count). The Hall–Kier alpha value is -1.90. The first kappa shape index (κ1) is 42.1. The van der Waals surface area contributed by atoms with Gasteiger partial charge in [-0.1, -0.05) is 147 Å². The number of Topliss-reactive ketones (excluding diaryl/α,β-unsaturated/α-hetero) is 2. The number of hydrogen-bond donors (Lipinski definition) is 0. The van der Waals surface area contributed by atoms with Crippen LogP contribution in [-0.4, -0.2) is 30.1 Å². The highest BCUT2D eigenvalue weighted by molar-refractivity contribution is 6.05. The number of nitrogens with zero attached hydrogens (tertiary/aromatic N) is 1. The highest BCUT2D eigenvalue weighted by Gasteiger charge is 2.28. The smallest absolute Gasteiger partial charge is 0.147 e. The molecule has 0 saturated carbocycles. The van der Waals surface area contributed by atoms with Crippen molar-refractivity contribution in [1.82, 2.24) is 4.90 Å². The van der Waals surface area contributed by atoms with E-state index in [2.05, 4.69) is 49.1 Å². The fourth-order valence-corrected chi connectivity index (χ4v) is 6.39. The van der Waals surface area contributed by atoms with Crippen molar-refractivity contribution in [2.24, 2.45) is 5.92 Å². The molecule has 0 radical (unpaired) electrons. The molecule has 0 bridgehead atoms. The fraction of sp³-hybridized carbons (Fsp3) is 0.767. The van der Waals surface area contributed by atoms with Gasteiger partial charge in [0.25, 0.3) is 0 Å². The van der Waals surface area contributed by atoms with Crippen LogP contribution in [0.3, 0.4) is 0 Å². The van der Waals surface area contributed by atoms with Gasteiger partial charge in [0.2, 0.25) is 0 Å². The maximum absolute atomic E-state index is 13.3. The standard InChI is InChI=1S/C43H75NO2/c1-4-6-8-10-12-14-16-18-20-22-24-26-28-30-32-34-41(45)43(40-36-38-44(3)39-37-40)42(46)35-33-31-29-27-25-23-21-19-17-15-13-11-9-7-5-2/h18-21,36-38,43H,4-17,22-35,39H2,1-3H3/b20-18-,21-19-. The Morgan fingerprint density at radius 2 is 0.913 bits per heavy atom. The lowest BCUT2D eigenvalue weighted by Crippen LogP contribution is -2.28. The van der Waals surface area contributed by atoms with Crippen LogP contribution < -0.4 is 0 Å². The van der Waals surface area contributed by atoms with Gasteiger partial charge in [-0.15, -0.1) is 0 Å². The van der Waals surface area contributed by atoms with Gasteiger partial charge in [0.05, 0.1) is 0 Å². The number of ketones is 2. The number of likely N-dealkylation sites (N-methyl/N-ethyl adjacent to an activating group) is 1. The Bertz CT molecular complexity index is 799. The highest BCUT2D eigenvalue weighted by Crippen LogP contribution is 2.24. The lowest BCUT2D eigenvalue weighted by Gasteiger charge is -2.22. The molecule has 264 valence electrons. The van der Waals surface area contributed by atoms with E-state index in [0.717, 1.165) is 37.8 Å². The summed E-state index contributed by atoms with van der Waals surface area (Å²) in [4.78, 5) is 28.8. The molecule has 1 heterocycles. The normalized spacial score (nSPS) is 13.5. The average molecular weight is 638 g/mol. The summed E-state index contributed by atoms with van der Waals surface area (Å²) in [6, 6.07) is 0. The second kappa shape index (κ2) is 31.7. The quantitative estimate of drug-likeness (QED) is 0.0408. The average Bonchev–Trinajstić information content (AvgIpc) is 3.05.